The zero-order valence-corrected chi connectivity index (χ0v) is 13.5. The zero-order chi connectivity index (χ0) is 14.9. The van der Waals surface area contributed by atoms with Gasteiger partial charge in [-0.15, -0.1) is 12.4 Å². The van der Waals surface area contributed by atoms with Crippen molar-refractivity contribution in [2.24, 2.45) is 0 Å². The van der Waals surface area contributed by atoms with Gasteiger partial charge >= 0.3 is 0 Å². The second-order valence-corrected chi connectivity index (χ2v) is 5.96. The monoisotopic (exact) mass is 337 g/mol. The molecule has 1 saturated carbocycles. The molecule has 0 bridgehead atoms. The topological polar surface area (TPSA) is 76.4 Å². The van der Waals surface area contributed by atoms with Crippen LogP contribution in [-0.2, 0) is 9.53 Å². The predicted octanol–water partition coefficient (Wildman–Crippen LogP) is 2.44. The summed E-state index contributed by atoms with van der Waals surface area (Å²) < 4.78 is 11.3. The number of nitrogens with one attached hydrogen (secondary N) is 2. The molecule has 2 N–H and O–H groups in total. The van der Waals surface area contributed by atoms with Gasteiger partial charge in [0.15, 0.2) is 11.5 Å². The largest absolute Gasteiger partial charge is 0.440 e. The van der Waals surface area contributed by atoms with Crippen LogP contribution in [0.1, 0.15) is 31.1 Å². The maximum atomic E-state index is 12.1. The number of hydrogen-bond acceptors (Lipinski definition) is 5. The minimum Gasteiger partial charge on any atom is -0.440 e. The number of nitrogens with zero attached hydrogens (tertiary/aromatic N) is 1. The maximum absolute atomic E-state index is 12.1. The number of fused-ring (bicyclic) bond motifs is 1. The van der Waals surface area contributed by atoms with E-state index in [-0.39, 0.29) is 24.4 Å². The van der Waals surface area contributed by atoms with Gasteiger partial charge in [0.2, 0.25) is 5.91 Å². The standard InChI is InChI=1S/C16H19N3O3.ClH/c20-15(8-12-9-17-5-6-21-12)18-11-3-4-14-13(7-11)19-16(22-14)10-1-2-10;/h3-4,7,10,12,17H,1-2,5-6,8-9H2,(H,18,20);1H. The number of halogens is 1. The lowest BCUT2D eigenvalue weighted by Crippen LogP contribution is -2.40. The number of carbonyl (C=O) groups excluding carboxylic acids is 1. The minimum atomic E-state index is -0.0500. The van der Waals surface area contributed by atoms with Gasteiger partial charge in [0.05, 0.1) is 19.1 Å². The molecule has 1 amide bonds. The molecule has 2 heterocycles. The summed E-state index contributed by atoms with van der Waals surface area (Å²) in [6.07, 6.45) is 2.63. The molecule has 124 valence electrons. The molecule has 1 saturated heterocycles. The van der Waals surface area contributed by atoms with Crippen molar-refractivity contribution in [3.63, 3.8) is 0 Å². The molecule has 23 heavy (non-hydrogen) atoms. The molecule has 6 nitrogen and oxygen atoms in total. The van der Waals surface area contributed by atoms with Gasteiger partial charge in [0, 0.05) is 24.7 Å². The Balaban J connectivity index is 0.00000156. The van der Waals surface area contributed by atoms with E-state index in [1.807, 2.05) is 18.2 Å². The van der Waals surface area contributed by atoms with Crippen LogP contribution in [0.3, 0.4) is 0 Å². The molecule has 2 fully saturated rings. The fourth-order valence-corrected chi connectivity index (χ4v) is 2.70. The third-order valence-corrected chi connectivity index (χ3v) is 4.03. The first-order valence-corrected chi connectivity index (χ1v) is 7.80. The van der Waals surface area contributed by atoms with E-state index in [0.29, 0.717) is 18.9 Å². The average molecular weight is 338 g/mol. The van der Waals surface area contributed by atoms with Gasteiger partial charge in [-0.25, -0.2) is 4.98 Å². The predicted molar refractivity (Wildman–Crippen MR) is 89.1 cm³/mol. The van der Waals surface area contributed by atoms with Gasteiger partial charge in [-0.3, -0.25) is 4.79 Å². The maximum Gasteiger partial charge on any atom is 0.227 e. The minimum absolute atomic E-state index is 0. The quantitative estimate of drug-likeness (QED) is 0.896. The zero-order valence-electron chi connectivity index (χ0n) is 12.7. The summed E-state index contributed by atoms with van der Waals surface area (Å²) >= 11 is 0. The van der Waals surface area contributed by atoms with Crippen LogP contribution in [0.4, 0.5) is 5.69 Å². The first kappa shape index (κ1) is 16.2. The highest BCUT2D eigenvalue weighted by atomic mass is 35.5. The molecule has 1 aliphatic carbocycles. The Hall–Kier alpha value is -1.63. The number of oxazole rings is 1. The van der Waals surface area contributed by atoms with E-state index in [9.17, 15) is 4.79 Å². The number of benzene rings is 1. The lowest BCUT2D eigenvalue weighted by Gasteiger charge is -2.23. The van der Waals surface area contributed by atoms with Gasteiger partial charge in [0.25, 0.3) is 0 Å². The third-order valence-electron chi connectivity index (χ3n) is 4.03. The summed E-state index contributed by atoms with van der Waals surface area (Å²) in [6.45, 7) is 2.23. The summed E-state index contributed by atoms with van der Waals surface area (Å²) in [5, 5.41) is 6.13. The van der Waals surface area contributed by atoms with E-state index in [0.717, 1.165) is 48.6 Å². The summed E-state index contributed by atoms with van der Waals surface area (Å²) in [5.74, 6) is 1.26. The van der Waals surface area contributed by atoms with Crippen molar-refractivity contribution < 1.29 is 13.9 Å². The fraction of sp³-hybridized carbons (Fsp3) is 0.500. The highest BCUT2D eigenvalue weighted by Gasteiger charge is 2.28. The third kappa shape index (κ3) is 3.83. The Morgan fingerprint density at radius 1 is 1.39 bits per heavy atom. The molecular formula is C16H20ClN3O3. The summed E-state index contributed by atoms with van der Waals surface area (Å²) in [4.78, 5) is 16.6. The van der Waals surface area contributed by atoms with Crippen LogP contribution in [0.5, 0.6) is 0 Å². The van der Waals surface area contributed by atoms with Crippen molar-refractivity contribution in [1.29, 1.82) is 0 Å². The molecule has 1 atom stereocenters. The van der Waals surface area contributed by atoms with Crippen molar-refractivity contribution in [2.45, 2.75) is 31.3 Å². The second-order valence-electron chi connectivity index (χ2n) is 5.96. The number of anilines is 1. The normalized spacial score (nSPS) is 21.0. The van der Waals surface area contributed by atoms with Crippen molar-refractivity contribution in [3.8, 4) is 0 Å². The molecule has 2 aromatic rings. The first-order valence-electron chi connectivity index (χ1n) is 7.80. The van der Waals surface area contributed by atoms with Gasteiger partial charge < -0.3 is 19.8 Å². The Labute approximate surface area is 140 Å². The van der Waals surface area contributed by atoms with E-state index >= 15 is 0 Å². The number of ether oxygens (including phenoxy) is 1. The van der Waals surface area contributed by atoms with E-state index in [1.54, 1.807) is 0 Å². The highest BCUT2D eigenvalue weighted by Crippen LogP contribution is 2.40. The number of carbonyl (C=O) groups is 1. The molecule has 2 aliphatic rings. The lowest BCUT2D eigenvalue weighted by molar-refractivity contribution is -0.119. The van der Waals surface area contributed by atoms with Crippen LogP contribution < -0.4 is 10.6 Å². The molecule has 7 heteroatoms. The molecule has 1 aliphatic heterocycles. The molecule has 1 unspecified atom stereocenters. The second kappa shape index (κ2) is 6.86. The molecule has 4 rings (SSSR count). The molecule has 1 aromatic heterocycles. The Kier molecular flexibility index (Phi) is 4.84. The van der Waals surface area contributed by atoms with Crippen molar-refractivity contribution >= 4 is 35.1 Å². The van der Waals surface area contributed by atoms with Crippen molar-refractivity contribution in [3.05, 3.63) is 24.1 Å². The van der Waals surface area contributed by atoms with E-state index < -0.39 is 0 Å². The van der Waals surface area contributed by atoms with Crippen molar-refractivity contribution in [2.75, 3.05) is 25.0 Å². The Bertz CT molecular complexity index is 693. The summed E-state index contributed by atoms with van der Waals surface area (Å²) in [6, 6.07) is 5.58. The Morgan fingerprint density at radius 3 is 3.00 bits per heavy atom. The van der Waals surface area contributed by atoms with Crippen molar-refractivity contribution in [1.82, 2.24) is 10.3 Å². The van der Waals surface area contributed by atoms with Crippen LogP contribution in [0.25, 0.3) is 11.1 Å². The number of hydrogen-bond donors (Lipinski definition) is 2. The number of aromatic nitrogens is 1. The van der Waals surface area contributed by atoms with Crippen LogP contribution in [0, 0.1) is 0 Å². The lowest BCUT2D eigenvalue weighted by atomic mass is 10.2. The van der Waals surface area contributed by atoms with Gasteiger partial charge in [-0.2, -0.15) is 0 Å². The molecule has 0 radical (unpaired) electrons. The summed E-state index contributed by atoms with van der Waals surface area (Å²) in [5.41, 5.74) is 2.33. The van der Waals surface area contributed by atoms with E-state index in [4.69, 9.17) is 9.15 Å². The number of rotatable bonds is 4. The smallest absolute Gasteiger partial charge is 0.227 e. The fourth-order valence-electron chi connectivity index (χ4n) is 2.70. The number of amides is 1. The summed E-state index contributed by atoms with van der Waals surface area (Å²) in [7, 11) is 0. The molecule has 1 aromatic carbocycles. The van der Waals surface area contributed by atoms with Crippen LogP contribution >= 0.6 is 12.4 Å². The van der Waals surface area contributed by atoms with Gasteiger partial charge in [-0.05, 0) is 31.0 Å². The van der Waals surface area contributed by atoms with Crippen LogP contribution in [-0.4, -0.2) is 36.7 Å². The number of morpholine rings is 1. The molecular weight excluding hydrogens is 318 g/mol. The van der Waals surface area contributed by atoms with Gasteiger partial charge in [0.1, 0.15) is 5.52 Å². The molecule has 0 spiro atoms. The average Bonchev–Trinajstić information content (AvgIpc) is 3.28. The SMILES string of the molecule is Cl.O=C(CC1CNCCO1)Nc1ccc2oc(C3CC3)nc2c1. The highest BCUT2D eigenvalue weighted by molar-refractivity contribution is 5.93. The van der Waals surface area contributed by atoms with Crippen LogP contribution in [0.2, 0.25) is 0 Å². The van der Waals surface area contributed by atoms with Crippen LogP contribution in [0.15, 0.2) is 22.6 Å². The Morgan fingerprint density at radius 2 is 2.26 bits per heavy atom. The van der Waals surface area contributed by atoms with Gasteiger partial charge in [-0.1, -0.05) is 0 Å². The first-order chi connectivity index (χ1) is 10.8. The van der Waals surface area contributed by atoms with E-state index in [2.05, 4.69) is 15.6 Å². The van der Waals surface area contributed by atoms with E-state index in [1.165, 1.54) is 0 Å².